The van der Waals surface area contributed by atoms with Crippen molar-refractivity contribution in [1.29, 1.82) is 0 Å². The summed E-state index contributed by atoms with van der Waals surface area (Å²) in [4.78, 5) is 25.8. The van der Waals surface area contributed by atoms with Crippen LogP contribution < -0.4 is 15.8 Å². The van der Waals surface area contributed by atoms with Gasteiger partial charge in [-0.1, -0.05) is 0 Å². The number of piperidine rings is 1. The number of ether oxygens (including phenoxy) is 1. The number of imidazole rings is 1. The summed E-state index contributed by atoms with van der Waals surface area (Å²) >= 11 is 0. The molecule has 3 atom stereocenters. The molecule has 3 aliphatic rings. The molecule has 4 heterocycles. The number of aromatic nitrogens is 4. The fourth-order valence-corrected chi connectivity index (χ4v) is 7.08. The van der Waals surface area contributed by atoms with Crippen molar-refractivity contribution in [3.05, 3.63) is 60.2 Å². The van der Waals surface area contributed by atoms with Crippen LogP contribution in [0.25, 0.3) is 33.6 Å². The van der Waals surface area contributed by atoms with Crippen LogP contribution in [-0.4, -0.2) is 60.8 Å². The Bertz CT molecular complexity index is 1890. The molecule has 2 bridgehead atoms. The lowest BCUT2D eigenvalue weighted by Gasteiger charge is -2.27. The first kappa shape index (κ1) is 26.1. The second kappa shape index (κ2) is 9.74. The number of anilines is 2. The third-order valence-corrected chi connectivity index (χ3v) is 9.57. The SMILES string of the molecule is COc1cc(C(=O)N2CC3CCC2[C@@H]3N)cc2nc(-c3cc4ccc(Nc5ccc(O)cc5)nc4n3CC3CC3)n(C)c12. The molecule has 3 aromatic heterocycles. The molecule has 3 fully saturated rings. The Balaban J connectivity index is 1.20. The Morgan fingerprint density at radius 1 is 1.07 bits per heavy atom. The van der Waals surface area contributed by atoms with E-state index < -0.39 is 0 Å². The van der Waals surface area contributed by atoms with Crippen LogP contribution in [-0.2, 0) is 13.6 Å². The van der Waals surface area contributed by atoms with E-state index in [1.165, 1.54) is 12.8 Å². The van der Waals surface area contributed by atoms with Crippen molar-refractivity contribution in [3.63, 3.8) is 0 Å². The molecular formula is C33H35N7O3. The predicted molar refractivity (Wildman–Crippen MR) is 166 cm³/mol. The average molecular weight is 578 g/mol. The number of aryl methyl sites for hydroxylation is 1. The minimum atomic E-state index is -0.00393. The van der Waals surface area contributed by atoms with Gasteiger partial charge >= 0.3 is 0 Å². The fourth-order valence-electron chi connectivity index (χ4n) is 7.08. The van der Waals surface area contributed by atoms with Crippen molar-refractivity contribution < 1.29 is 14.6 Å². The average Bonchev–Trinajstić information content (AvgIpc) is 3.42. The summed E-state index contributed by atoms with van der Waals surface area (Å²) in [6, 6.07) is 17.1. The molecule has 2 aromatic carbocycles. The highest BCUT2D eigenvalue weighted by atomic mass is 16.5. The van der Waals surface area contributed by atoms with Crippen LogP contribution in [0.3, 0.4) is 0 Å². The molecule has 8 rings (SSSR count). The zero-order valence-electron chi connectivity index (χ0n) is 24.3. The second-order valence-corrected chi connectivity index (χ2v) is 12.3. The number of likely N-dealkylation sites (tertiary alicyclic amines) is 1. The summed E-state index contributed by atoms with van der Waals surface area (Å²) in [5.74, 6) is 3.37. The number of rotatable bonds is 7. The maximum Gasteiger partial charge on any atom is 0.254 e. The Morgan fingerprint density at radius 2 is 1.88 bits per heavy atom. The van der Waals surface area contributed by atoms with E-state index in [0.29, 0.717) is 23.1 Å². The monoisotopic (exact) mass is 577 g/mol. The van der Waals surface area contributed by atoms with Gasteiger partial charge in [-0.25, -0.2) is 9.97 Å². The van der Waals surface area contributed by atoms with Gasteiger partial charge in [0.2, 0.25) is 0 Å². The van der Waals surface area contributed by atoms with Crippen molar-refractivity contribution in [3.8, 4) is 23.0 Å². The minimum absolute atomic E-state index is 0.00393. The van der Waals surface area contributed by atoms with Crippen molar-refractivity contribution in [1.82, 2.24) is 24.0 Å². The smallest absolute Gasteiger partial charge is 0.254 e. The first-order chi connectivity index (χ1) is 20.9. The number of carbonyl (C=O) groups excluding carboxylic acids is 1. The Morgan fingerprint density at radius 3 is 2.58 bits per heavy atom. The van der Waals surface area contributed by atoms with Gasteiger partial charge in [-0.3, -0.25) is 4.79 Å². The topological polar surface area (TPSA) is 123 Å². The number of benzene rings is 2. The van der Waals surface area contributed by atoms with Gasteiger partial charge in [-0.15, -0.1) is 0 Å². The lowest BCUT2D eigenvalue weighted by molar-refractivity contribution is 0.0700. The van der Waals surface area contributed by atoms with Gasteiger partial charge in [-0.2, -0.15) is 0 Å². The number of phenolic OH excluding ortho intramolecular Hbond substituents is 1. The number of methoxy groups -OCH3 is 1. The fraction of sp³-hybridized carbons (Fsp3) is 0.364. The predicted octanol–water partition coefficient (Wildman–Crippen LogP) is 5.02. The van der Waals surface area contributed by atoms with Crippen LogP contribution in [0.2, 0.25) is 0 Å². The molecule has 10 heteroatoms. The summed E-state index contributed by atoms with van der Waals surface area (Å²) in [5, 5.41) is 14.0. The first-order valence-corrected chi connectivity index (χ1v) is 15.1. The third kappa shape index (κ3) is 4.31. The zero-order valence-corrected chi connectivity index (χ0v) is 24.3. The largest absolute Gasteiger partial charge is 0.508 e. The zero-order chi connectivity index (χ0) is 29.4. The molecule has 1 aliphatic heterocycles. The minimum Gasteiger partial charge on any atom is -0.508 e. The number of nitrogens with two attached hydrogens (primary N) is 1. The Hall–Kier alpha value is -4.57. The molecule has 5 aromatic rings. The van der Waals surface area contributed by atoms with E-state index in [9.17, 15) is 9.90 Å². The van der Waals surface area contributed by atoms with Gasteiger partial charge in [0.1, 0.15) is 28.5 Å². The molecule has 0 radical (unpaired) electrons. The number of fused-ring (bicyclic) bond motifs is 4. The van der Waals surface area contributed by atoms with E-state index >= 15 is 0 Å². The van der Waals surface area contributed by atoms with Gasteiger partial charge in [0.05, 0.1) is 18.3 Å². The molecule has 4 N–H and O–H groups in total. The summed E-state index contributed by atoms with van der Waals surface area (Å²) in [6.07, 6.45) is 4.47. The number of hydrogen-bond donors (Lipinski definition) is 3. The standard InChI is InChI=1S/C33H35N7O3/c1-38-30-24(13-21(15-27(30)43-2)33(42)40-17-20-5-11-25(40)29(20)34)36-32(38)26-14-19-6-12-28(35-22-7-9-23(41)10-8-22)37-31(19)39(26)16-18-3-4-18/h6-10,12-15,18,20,25,29,41H,3-5,11,16-17,34H2,1-2H3,(H,35,37)/t20?,25?,29-/m1/s1. The molecule has 1 amide bonds. The highest BCUT2D eigenvalue weighted by molar-refractivity contribution is 6.00. The van der Waals surface area contributed by atoms with Crippen LogP contribution in [0.5, 0.6) is 11.5 Å². The molecule has 220 valence electrons. The summed E-state index contributed by atoms with van der Waals surface area (Å²) in [6.45, 7) is 1.58. The number of aromatic hydroxyl groups is 1. The van der Waals surface area contributed by atoms with E-state index in [1.54, 1.807) is 19.2 Å². The van der Waals surface area contributed by atoms with E-state index in [1.807, 2.05) is 42.3 Å². The van der Waals surface area contributed by atoms with Crippen LogP contribution in [0.15, 0.2) is 54.6 Å². The number of phenols is 1. The van der Waals surface area contributed by atoms with Crippen LogP contribution in [0.1, 0.15) is 36.0 Å². The number of nitrogens with one attached hydrogen (secondary N) is 1. The summed E-state index contributed by atoms with van der Waals surface area (Å²) < 4.78 is 10.2. The van der Waals surface area contributed by atoms with E-state index in [-0.39, 0.29) is 23.7 Å². The molecule has 1 saturated heterocycles. The molecule has 2 aliphatic carbocycles. The summed E-state index contributed by atoms with van der Waals surface area (Å²) in [7, 11) is 3.64. The van der Waals surface area contributed by atoms with E-state index in [0.717, 1.165) is 71.0 Å². The Labute approximate surface area is 249 Å². The molecule has 0 spiro atoms. The van der Waals surface area contributed by atoms with Gasteiger partial charge < -0.3 is 34.9 Å². The molecule has 10 nitrogen and oxygen atoms in total. The maximum atomic E-state index is 13.7. The highest BCUT2D eigenvalue weighted by Gasteiger charge is 2.47. The van der Waals surface area contributed by atoms with Crippen molar-refractivity contribution in [2.24, 2.45) is 24.6 Å². The first-order valence-electron chi connectivity index (χ1n) is 15.1. The Kier molecular flexibility index (Phi) is 5.91. The number of pyridine rings is 1. The van der Waals surface area contributed by atoms with Crippen LogP contribution in [0.4, 0.5) is 11.5 Å². The lowest BCUT2D eigenvalue weighted by Crippen LogP contribution is -2.41. The maximum absolute atomic E-state index is 13.7. The molecular weight excluding hydrogens is 542 g/mol. The highest BCUT2D eigenvalue weighted by Crippen LogP contribution is 2.40. The number of amides is 1. The van der Waals surface area contributed by atoms with Crippen molar-refractivity contribution in [2.45, 2.75) is 44.3 Å². The van der Waals surface area contributed by atoms with E-state index in [4.69, 9.17) is 20.4 Å². The number of hydrogen-bond acceptors (Lipinski definition) is 7. The van der Waals surface area contributed by atoms with Gasteiger partial charge in [0.15, 0.2) is 5.82 Å². The normalized spacial score (nSPS) is 21.3. The molecule has 2 unspecified atom stereocenters. The molecule has 2 saturated carbocycles. The number of nitrogens with zero attached hydrogens (tertiary/aromatic N) is 5. The van der Waals surface area contributed by atoms with Crippen molar-refractivity contribution in [2.75, 3.05) is 19.0 Å². The van der Waals surface area contributed by atoms with Crippen LogP contribution >= 0.6 is 0 Å². The van der Waals surface area contributed by atoms with E-state index in [2.05, 4.69) is 26.6 Å². The molecule has 43 heavy (non-hydrogen) atoms. The van der Waals surface area contributed by atoms with Gasteiger partial charge in [0.25, 0.3) is 5.91 Å². The number of carbonyl (C=O) groups is 1. The summed E-state index contributed by atoms with van der Waals surface area (Å²) in [5.41, 5.74) is 11.3. The third-order valence-electron chi connectivity index (χ3n) is 9.57. The van der Waals surface area contributed by atoms with Crippen LogP contribution in [0, 0.1) is 11.8 Å². The van der Waals surface area contributed by atoms with Gasteiger partial charge in [-0.05, 0) is 92.1 Å². The quantitative estimate of drug-likeness (QED) is 0.232. The second-order valence-electron chi connectivity index (χ2n) is 12.3. The van der Waals surface area contributed by atoms with Crippen molar-refractivity contribution >= 4 is 39.5 Å². The lowest BCUT2D eigenvalue weighted by atomic mass is 10.1. The van der Waals surface area contributed by atoms with Gasteiger partial charge in [0, 0.05) is 48.9 Å².